The summed E-state index contributed by atoms with van der Waals surface area (Å²) in [7, 11) is -4.51. The standard InChI is InChI=1S/C25H24FN2O11P/c1-14-27-22(29)7-8-28(14)24-25(2,26)23(30)21(37-24)11-36-40(31,38-15-3-5-17-19(9-15)34-12-32-17)39-16-4-6-18-20(10-16)35-13-33-18/h3-10,21,23-24,30H,1,11-13H2,2H3,(H,27,29)/t21-,23-,24-,25-/m1/s1. The monoisotopic (exact) mass is 578 g/mol. The quantitative estimate of drug-likeness (QED) is 0.445. The Balaban J connectivity index is 1.22. The van der Waals surface area contributed by atoms with E-state index in [1.165, 1.54) is 35.4 Å². The van der Waals surface area contributed by atoms with Gasteiger partial charge in [-0.2, -0.15) is 0 Å². The number of ether oxygens (including phenoxy) is 5. The molecule has 212 valence electrons. The van der Waals surface area contributed by atoms with E-state index in [2.05, 4.69) is 11.9 Å². The van der Waals surface area contributed by atoms with Crippen molar-refractivity contribution in [1.29, 1.82) is 0 Å². The molecule has 4 heterocycles. The number of halogens is 1. The first kappa shape index (κ1) is 26.3. The van der Waals surface area contributed by atoms with Crippen LogP contribution in [0.25, 0.3) is 0 Å². The van der Waals surface area contributed by atoms with Crippen molar-refractivity contribution in [3.63, 3.8) is 0 Å². The summed E-state index contributed by atoms with van der Waals surface area (Å²) in [5.41, 5.74) is -2.34. The van der Waals surface area contributed by atoms with Gasteiger partial charge in [0, 0.05) is 24.4 Å². The van der Waals surface area contributed by atoms with Gasteiger partial charge < -0.3 is 48.1 Å². The second-order valence-corrected chi connectivity index (χ2v) is 10.8. The zero-order valence-corrected chi connectivity index (χ0v) is 21.9. The summed E-state index contributed by atoms with van der Waals surface area (Å²) >= 11 is 0. The summed E-state index contributed by atoms with van der Waals surface area (Å²) < 4.78 is 73.6. The Hall–Kier alpha value is -3.97. The van der Waals surface area contributed by atoms with Crippen LogP contribution < -0.4 is 33.3 Å². The number of rotatable bonds is 8. The number of aliphatic hydroxyl groups excluding tert-OH is 1. The molecule has 15 heteroatoms. The van der Waals surface area contributed by atoms with E-state index in [4.69, 9.17) is 37.3 Å². The number of alkyl halides is 1. The number of phosphoric ester groups is 1. The molecule has 13 nitrogen and oxygen atoms in total. The van der Waals surface area contributed by atoms with Gasteiger partial charge in [0.2, 0.25) is 13.6 Å². The minimum absolute atomic E-state index is 0.0169. The third-order valence-electron chi connectivity index (χ3n) is 6.45. The van der Waals surface area contributed by atoms with Crippen LogP contribution in [0.3, 0.4) is 0 Å². The van der Waals surface area contributed by atoms with Crippen LogP contribution in [0.15, 0.2) is 61.1 Å². The molecular formula is C25H24FN2O11P. The number of nitrogens with one attached hydrogen (secondary N) is 1. The van der Waals surface area contributed by atoms with Crippen molar-refractivity contribution in [3.8, 4) is 34.5 Å². The van der Waals surface area contributed by atoms with Crippen molar-refractivity contribution in [3.05, 3.63) is 61.1 Å². The van der Waals surface area contributed by atoms with E-state index in [-0.39, 0.29) is 30.9 Å². The molecule has 0 aromatic heterocycles. The van der Waals surface area contributed by atoms with E-state index < -0.39 is 44.4 Å². The first-order valence-electron chi connectivity index (χ1n) is 12.0. The maximum atomic E-state index is 15.7. The molecule has 0 bridgehead atoms. The lowest BCUT2D eigenvalue weighted by atomic mass is 9.98. The molecule has 0 spiro atoms. The normalized spacial score (nSPS) is 26.7. The Bertz CT molecular complexity index is 1370. The largest absolute Gasteiger partial charge is 0.587 e. The number of aliphatic hydroxyl groups is 1. The second-order valence-electron chi connectivity index (χ2n) is 9.24. The molecule has 0 aliphatic carbocycles. The highest BCUT2D eigenvalue weighted by Gasteiger charge is 2.57. The average molecular weight is 578 g/mol. The van der Waals surface area contributed by atoms with Crippen molar-refractivity contribution in [1.82, 2.24) is 10.2 Å². The first-order valence-corrected chi connectivity index (χ1v) is 13.5. The lowest BCUT2D eigenvalue weighted by Gasteiger charge is -2.35. The molecule has 6 rings (SSSR count). The van der Waals surface area contributed by atoms with E-state index >= 15 is 4.39 Å². The second kappa shape index (κ2) is 9.89. The van der Waals surface area contributed by atoms with Gasteiger partial charge in [-0.15, -0.1) is 0 Å². The Kier molecular flexibility index (Phi) is 6.50. The van der Waals surface area contributed by atoms with Gasteiger partial charge in [0.15, 0.2) is 34.9 Å². The van der Waals surface area contributed by atoms with Crippen LogP contribution in [0.1, 0.15) is 6.92 Å². The molecular weight excluding hydrogens is 554 g/mol. The summed E-state index contributed by atoms with van der Waals surface area (Å²) in [5.74, 6) is 1.42. The molecule has 1 saturated heterocycles. The number of hydrogen-bond donors (Lipinski definition) is 2. The fourth-order valence-electron chi connectivity index (χ4n) is 4.42. The Morgan fingerprint density at radius 2 is 1.65 bits per heavy atom. The molecule has 4 atom stereocenters. The summed E-state index contributed by atoms with van der Waals surface area (Å²) in [6, 6.07) is 8.96. The number of carbonyl (C=O) groups excluding carboxylic acids is 1. The van der Waals surface area contributed by atoms with E-state index in [1.807, 2.05) is 0 Å². The van der Waals surface area contributed by atoms with Gasteiger partial charge in [-0.05, 0) is 31.2 Å². The topological polar surface area (TPSA) is 143 Å². The highest BCUT2D eigenvalue weighted by molar-refractivity contribution is 7.49. The minimum atomic E-state index is -4.51. The van der Waals surface area contributed by atoms with Crippen molar-refractivity contribution in [2.24, 2.45) is 0 Å². The van der Waals surface area contributed by atoms with Gasteiger partial charge in [-0.1, -0.05) is 6.58 Å². The van der Waals surface area contributed by atoms with Crippen molar-refractivity contribution >= 4 is 13.7 Å². The molecule has 4 aliphatic rings. The SMILES string of the molecule is C=C1NC(=O)C=CN1[C@@H]1O[C@H](COP(=O)(Oc2ccc3c(c2)OCO3)Oc2ccc3c(c2)OCO3)[C@@H](O)[C@@]1(C)F. The molecule has 2 aromatic carbocycles. The minimum Gasteiger partial charge on any atom is -0.454 e. The van der Waals surface area contributed by atoms with Crippen molar-refractivity contribution in [2.45, 2.75) is 31.0 Å². The Morgan fingerprint density at radius 3 is 2.23 bits per heavy atom. The molecule has 1 fully saturated rings. The van der Waals surface area contributed by atoms with Crippen molar-refractivity contribution < 1.29 is 56.1 Å². The summed E-state index contributed by atoms with van der Waals surface area (Å²) in [4.78, 5) is 12.8. The lowest BCUT2D eigenvalue weighted by molar-refractivity contribution is -0.119. The van der Waals surface area contributed by atoms with E-state index in [0.29, 0.717) is 23.0 Å². The van der Waals surface area contributed by atoms with E-state index in [9.17, 15) is 14.5 Å². The van der Waals surface area contributed by atoms with Crippen LogP contribution in [-0.2, 0) is 18.6 Å². The summed E-state index contributed by atoms with van der Waals surface area (Å²) in [5, 5.41) is 13.2. The van der Waals surface area contributed by atoms with Crippen LogP contribution in [0, 0.1) is 0 Å². The molecule has 2 aromatic rings. The number of fused-ring (bicyclic) bond motifs is 2. The van der Waals surface area contributed by atoms with Gasteiger partial charge in [0.05, 0.1) is 6.61 Å². The zero-order valence-electron chi connectivity index (χ0n) is 21.0. The Morgan fingerprint density at radius 1 is 1.07 bits per heavy atom. The van der Waals surface area contributed by atoms with Crippen LogP contribution in [0.4, 0.5) is 4.39 Å². The van der Waals surface area contributed by atoms with E-state index in [0.717, 1.165) is 13.0 Å². The van der Waals surface area contributed by atoms with Gasteiger partial charge >= 0.3 is 7.82 Å². The van der Waals surface area contributed by atoms with Gasteiger partial charge in [-0.3, -0.25) is 9.32 Å². The lowest BCUT2D eigenvalue weighted by Crippen LogP contribution is -2.51. The van der Waals surface area contributed by atoms with Crippen molar-refractivity contribution in [2.75, 3.05) is 20.2 Å². The van der Waals surface area contributed by atoms with Gasteiger partial charge in [0.25, 0.3) is 5.91 Å². The molecule has 0 radical (unpaired) electrons. The third kappa shape index (κ3) is 4.90. The van der Waals surface area contributed by atoms with Crippen LogP contribution in [-0.4, -0.2) is 60.2 Å². The number of phosphoric acid groups is 1. The van der Waals surface area contributed by atoms with Gasteiger partial charge in [-0.25, -0.2) is 8.96 Å². The number of amides is 1. The maximum absolute atomic E-state index is 15.7. The number of carbonyl (C=O) groups is 1. The predicted octanol–water partition coefficient (Wildman–Crippen LogP) is 2.96. The van der Waals surface area contributed by atoms with E-state index in [1.54, 1.807) is 12.1 Å². The zero-order chi connectivity index (χ0) is 28.1. The number of benzene rings is 2. The molecule has 40 heavy (non-hydrogen) atoms. The molecule has 0 unspecified atom stereocenters. The highest BCUT2D eigenvalue weighted by Crippen LogP contribution is 2.53. The van der Waals surface area contributed by atoms with Crippen LogP contribution in [0.2, 0.25) is 0 Å². The summed E-state index contributed by atoms with van der Waals surface area (Å²) in [6.07, 6.45) is -1.97. The molecule has 2 N–H and O–H groups in total. The predicted molar refractivity (Wildman–Crippen MR) is 132 cm³/mol. The average Bonchev–Trinajstić information content (AvgIpc) is 3.62. The maximum Gasteiger partial charge on any atom is 0.587 e. The Labute approximate surface area is 227 Å². The fourth-order valence-corrected chi connectivity index (χ4v) is 5.63. The summed E-state index contributed by atoms with van der Waals surface area (Å²) in [6.45, 7) is 4.26. The van der Waals surface area contributed by atoms with Crippen LogP contribution >= 0.6 is 7.82 Å². The first-order chi connectivity index (χ1) is 19.1. The molecule has 1 amide bonds. The highest BCUT2D eigenvalue weighted by atomic mass is 31.2. The van der Waals surface area contributed by atoms with Gasteiger partial charge in [0.1, 0.15) is 29.5 Å². The third-order valence-corrected chi connectivity index (χ3v) is 7.79. The molecule has 4 aliphatic heterocycles. The number of nitrogens with zero attached hydrogens (tertiary/aromatic N) is 1. The molecule has 0 saturated carbocycles. The van der Waals surface area contributed by atoms with Crippen LogP contribution in [0.5, 0.6) is 34.5 Å². The smallest absolute Gasteiger partial charge is 0.454 e. The fraction of sp³-hybridized carbons (Fsp3) is 0.320. The number of hydrogen-bond acceptors (Lipinski definition) is 12.